The maximum atomic E-state index is 9.32. The number of methoxy groups -OCH3 is 1. The van der Waals surface area contributed by atoms with Crippen molar-refractivity contribution >= 4 is 28.7 Å². The molecule has 0 bridgehead atoms. The zero-order chi connectivity index (χ0) is 21.1. The fourth-order valence-electron chi connectivity index (χ4n) is 3.32. The highest BCUT2D eigenvalue weighted by Crippen LogP contribution is 2.30. The first-order valence-corrected chi connectivity index (χ1v) is 10.6. The lowest BCUT2D eigenvalue weighted by Gasteiger charge is -2.22. The molecule has 0 amide bonds. The second-order valence-corrected chi connectivity index (χ2v) is 7.67. The highest BCUT2D eigenvalue weighted by molar-refractivity contribution is 7.98. The Labute approximate surface area is 179 Å². The number of anilines is 1. The Morgan fingerprint density at radius 2 is 2.17 bits per heavy atom. The SMILES string of the molecule is CCc1nc2c(N3C=COCC3)nc(SCc3ccc(OC)c(C#N)c3)nc2n1C. The van der Waals surface area contributed by atoms with Gasteiger partial charge in [0.15, 0.2) is 22.1 Å². The summed E-state index contributed by atoms with van der Waals surface area (Å²) in [6, 6.07) is 7.79. The minimum Gasteiger partial charge on any atom is -0.498 e. The number of fused-ring (bicyclic) bond motifs is 1. The Balaban J connectivity index is 1.69. The van der Waals surface area contributed by atoms with Crippen LogP contribution >= 0.6 is 11.8 Å². The van der Waals surface area contributed by atoms with E-state index < -0.39 is 0 Å². The molecule has 2 aromatic heterocycles. The van der Waals surface area contributed by atoms with Gasteiger partial charge in [0.25, 0.3) is 0 Å². The van der Waals surface area contributed by atoms with Gasteiger partial charge in [0, 0.05) is 25.4 Å². The molecular formula is C21H22N6O2S. The predicted molar refractivity (Wildman–Crippen MR) is 115 cm³/mol. The third kappa shape index (κ3) is 3.78. The summed E-state index contributed by atoms with van der Waals surface area (Å²) in [4.78, 5) is 16.4. The van der Waals surface area contributed by atoms with Crippen LogP contribution in [0.25, 0.3) is 11.2 Å². The Bertz CT molecular complexity index is 1150. The highest BCUT2D eigenvalue weighted by Gasteiger charge is 2.20. The van der Waals surface area contributed by atoms with E-state index in [2.05, 4.69) is 13.0 Å². The molecule has 0 unspecified atom stereocenters. The van der Waals surface area contributed by atoms with Crippen molar-refractivity contribution in [3.63, 3.8) is 0 Å². The van der Waals surface area contributed by atoms with Crippen LogP contribution < -0.4 is 9.64 Å². The minimum atomic E-state index is 0.519. The Hall–Kier alpha value is -3.25. The predicted octanol–water partition coefficient (Wildman–Crippen LogP) is 3.41. The summed E-state index contributed by atoms with van der Waals surface area (Å²) < 4.78 is 12.6. The van der Waals surface area contributed by atoms with Gasteiger partial charge in [-0.25, -0.2) is 15.0 Å². The van der Waals surface area contributed by atoms with Crippen molar-refractivity contribution in [1.29, 1.82) is 5.26 Å². The lowest BCUT2D eigenvalue weighted by molar-refractivity contribution is 0.245. The van der Waals surface area contributed by atoms with Gasteiger partial charge in [0.1, 0.15) is 24.3 Å². The number of ether oxygens (including phenoxy) is 2. The van der Waals surface area contributed by atoms with Crippen molar-refractivity contribution in [3.05, 3.63) is 47.6 Å². The fraction of sp³-hybridized carbons (Fsp3) is 0.333. The van der Waals surface area contributed by atoms with Crippen molar-refractivity contribution in [2.75, 3.05) is 25.2 Å². The van der Waals surface area contributed by atoms with Crippen LogP contribution in [-0.4, -0.2) is 39.8 Å². The zero-order valence-corrected chi connectivity index (χ0v) is 17.9. The van der Waals surface area contributed by atoms with E-state index in [-0.39, 0.29) is 0 Å². The van der Waals surface area contributed by atoms with Crippen LogP contribution in [0.5, 0.6) is 5.75 Å². The number of hydrogen-bond donors (Lipinski definition) is 0. The number of benzene rings is 1. The molecule has 0 atom stereocenters. The highest BCUT2D eigenvalue weighted by atomic mass is 32.2. The molecule has 0 saturated carbocycles. The van der Waals surface area contributed by atoms with E-state index in [1.165, 1.54) is 11.8 Å². The number of nitriles is 1. The zero-order valence-electron chi connectivity index (χ0n) is 17.1. The normalized spacial score (nSPS) is 13.3. The second kappa shape index (κ2) is 8.63. The first-order chi connectivity index (χ1) is 14.6. The summed E-state index contributed by atoms with van der Waals surface area (Å²) >= 11 is 1.53. The Morgan fingerprint density at radius 3 is 2.87 bits per heavy atom. The van der Waals surface area contributed by atoms with E-state index in [9.17, 15) is 5.26 Å². The standard InChI is InChI=1S/C21H22N6O2S/c1-4-17-23-18-19(26(17)2)24-21(25-20(18)27-7-9-29-10-8-27)30-13-14-5-6-16(28-3)15(11-14)12-22/h5-7,9,11H,4,8,10,13H2,1-3H3. The molecule has 0 spiro atoms. The third-order valence-electron chi connectivity index (χ3n) is 4.90. The van der Waals surface area contributed by atoms with Crippen LogP contribution in [0.3, 0.4) is 0 Å². The van der Waals surface area contributed by atoms with Crippen LogP contribution in [0.1, 0.15) is 23.9 Å². The van der Waals surface area contributed by atoms with Gasteiger partial charge in [-0.1, -0.05) is 24.8 Å². The maximum Gasteiger partial charge on any atom is 0.191 e. The average Bonchev–Trinajstić information content (AvgIpc) is 3.13. The van der Waals surface area contributed by atoms with E-state index in [1.807, 2.05) is 40.9 Å². The molecule has 0 radical (unpaired) electrons. The molecule has 1 aliphatic rings. The molecule has 9 heteroatoms. The Kier molecular flexibility index (Phi) is 5.77. The molecule has 0 N–H and O–H groups in total. The molecule has 1 aliphatic heterocycles. The molecule has 8 nitrogen and oxygen atoms in total. The molecule has 3 aromatic rings. The summed E-state index contributed by atoms with van der Waals surface area (Å²) in [5.74, 6) is 2.96. The number of hydrogen-bond acceptors (Lipinski definition) is 8. The van der Waals surface area contributed by atoms with E-state index in [4.69, 9.17) is 24.4 Å². The molecule has 30 heavy (non-hydrogen) atoms. The van der Waals surface area contributed by atoms with Crippen LogP contribution in [-0.2, 0) is 24.0 Å². The summed E-state index contributed by atoms with van der Waals surface area (Å²) in [6.07, 6.45) is 4.37. The minimum absolute atomic E-state index is 0.519. The Morgan fingerprint density at radius 1 is 1.30 bits per heavy atom. The van der Waals surface area contributed by atoms with Gasteiger partial charge in [0.05, 0.1) is 25.5 Å². The van der Waals surface area contributed by atoms with Crippen LogP contribution in [0.4, 0.5) is 5.82 Å². The topological polar surface area (TPSA) is 89.1 Å². The summed E-state index contributed by atoms with van der Waals surface area (Å²) in [7, 11) is 3.55. The van der Waals surface area contributed by atoms with E-state index >= 15 is 0 Å². The maximum absolute atomic E-state index is 9.32. The molecule has 0 fully saturated rings. The summed E-state index contributed by atoms with van der Waals surface area (Å²) in [5.41, 5.74) is 3.13. The van der Waals surface area contributed by atoms with Gasteiger partial charge in [-0.05, 0) is 17.7 Å². The number of aryl methyl sites for hydroxylation is 2. The van der Waals surface area contributed by atoms with E-state index in [1.54, 1.807) is 13.4 Å². The van der Waals surface area contributed by atoms with Crippen LogP contribution in [0, 0.1) is 11.3 Å². The molecule has 3 heterocycles. The van der Waals surface area contributed by atoms with Crippen molar-refractivity contribution in [2.45, 2.75) is 24.3 Å². The molecular weight excluding hydrogens is 400 g/mol. The largest absolute Gasteiger partial charge is 0.498 e. The van der Waals surface area contributed by atoms with E-state index in [0.717, 1.165) is 34.8 Å². The quantitative estimate of drug-likeness (QED) is 0.441. The molecule has 154 valence electrons. The first-order valence-electron chi connectivity index (χ1n) is 9.62. The molecule has 4 rings (SSSR count). The number of rotatable bonds is 6. The van der Waals surface area contributed by atoms with Gasteiger partial charge in [0.2, 0.25) is 0 Å². The lowest BCUT2D eigenvalue weighted by Crippen LogP contribution is -2.25. The first kappa shape index (κ1) is 20.0. The number of aromatic nitrogens is 4. The van der Waals surface area contributed by atoms with Gasteiger partial charge in [-0.2, -0.15) is 5.26 Å². The van der Waals surface area contributed by atoms with Crippen molar-refractivity contribution in [2.24, 2.45) is 7.05 Å². The fourth-order valence-corrected chi connectivity index (χ4v) is 4.10. The monoisotopic (exact) mass is 422 g/mol. The van der Waals surface area contributed by atoms with Gasteiger partial charge in [-0.3, -0.25) is 0 Å². The van der Waals surface area contributed by atoms with Crippen LogP contribution in [0.2, 0.25) is 0 Å². The summed E-state index contributed by atoms with van der Waals surface area (Å²) in [5, 5.41) is 9.99. The van der Waals surface area contributed by atoms with Crippen LogP contribution in [0.15, 0.2) is 35.8 Å². The second-order valence-electron chi connectivity index (χ2n) is 6.73. The van der Waals surface area contributed by atoms with Gasteiger partial charge in [-0.15, -0.1) is 0 Å². The van der Waals surface area contributed by atoms with Crippen molar-refractivity contribution in [1.82, 2.24) is 19.5 Å². The molecule has 0 saturated heterocycles. The number of nitrogens with zero attached hydrogens (tertiary/aromatic N) is 6. The number of thioether (sulfide) groups is 1. The lowest BCUT2D eigenvalue weighted by atomic mass is 10.1. The smallest absolute Gasteiger partial charge is 0.191 e. The summed E-state index contributed by atoms with van der Waals surface area (Å²) in [6.45, 7) is 3.38. The van der Waals surface area contributed by atoms with Crippen molar-refractivity contribution in [3.8, 4) is 11.8 Å². The number of imidazole rings is 1. The van der Waals surface area contributed by atoms with Gasteiger partial charge >= 0.3 is 0 Å². The molecule has 0 aliphatic carbocycles. The van der Waals surface area contributed by atoms with Gasteiger partial charge < -0.3 is 18.9 Å². The third-order valence-corrected chi connectivity index (χ3v) is 5.82. The van der Waals surface area contributed by atoms with Crippen molar-refractivity contribution < 1.29 is 9.47 Å². The average molecular weight is 423 g/mol. The molecule has 1 aromatic carbocycles. The van der Waals surface area contributed by atoms with E-state index in [0.29, 0.717) is 35.4 Å².